The Bertz CT molecular complexity index is 725. The van der Waals surface area contributed by atoms with E-state index in [0.29, 0.717) is 0 Å². The normalized spacial score (nSPS) is 11.2. The van der Waals surface area contributed by atoms with E-state index in [1.807, 2.05) is 24.9 Å². The van der Waals surface area contributed by atoms with Gasteiger partial charge in [0.25, 0.3) is 0 Å². The highest BCUT2D eigenvalue weighted by Crippen LogP contribution is 2.25. The molecule has 0 spiro atoms. The minimum Gasteiger partial charge on any atom is -0.377 e. The second kappa shape index (κ2) is 4.71. The molecule has 4 nitrogen and oxygen atoms in total. The zero-order chi connectivity index (χ0) is 14.3. The van der Waals surface area contributed by atoms with Crippen molar-refractivity contribution < 1.29 is 0 Å². The number of nitrogens with one attached hydrogen (secondary N) is 1. The Morgan fingerprint density at radius 3 is 2.55 bits per heavy atom. The van der Waals surface area contributed by atoms with Gasteiger partial charge in [0, 0.05) is 36.9 Å². The van der Waals surface area contributed by atoms with Crippen LogP contribution in [-0.4, -0.2) is 14.3 Å². The quantitative estimate of drug-likeness (QED) is 0.792. The van der Waals surface area contributed by atoms with Crippen LogP contribution >= 0.6 is 0 Å². The second-order valence-electron chi connectivity index (χ2n) is 5.30. The van der Waals surface area contributed by atoms with Gasteiger partial charge in [-0.2, -0.15) is 5.10 Å². The number of anilines is 1. The van der Waals surface area contributed by atoms with E-state index in [2.05, 4.69) is 53.2 Å². The first kappa shape index (κ1) is 12.8. The molecular weight excluding hydrogens is 248 g/mol. The van der Waals surface area contributed by atoms with E-state index in [-0.39, 0.29) is 0 Å². The fraction of sp³-hybridized carbons (Fsp3) is 0.312. The molecule has 104 valence electrons. The number of hydrogen-bond acceptors (Lipinski definition) is 2. The zero-order valence-corrected chi connectivity index (χ0v) is 12.4. The molecule has 0 amide bonds. The smallest absolute Gasteiger partial charge is 0.0825 e. The summed E-state index contributed by atoms with van der Waals surface area (Å²) in [5.74, 6) is 0. The Balaban J connectivity index is 1.93. The molecule has 3 aromatic rings. The summed E-state index contributed by atoms with van der Waals surface area (Å²) in [7, 11) is 4.07. The van der Waals surface area contributed by atoms with Gasteiger partial charge in [0.05, 0.1) is 17.9 Å². The van der Waals surface area contributed by atoms with Gasteiger partial charge in [-0.3, -0.25) is 4.68 Å². The largest absolute Gasteiger partial charge is 0.377 e. The first-order chi connectivity index (χ1) is 9.58. The van der Waals surface area contributed by atoms with Crippen LogP contribution in [0.25, 0.3) is 10.9 Å². The number of aromatic nitrogens is 3. The van der Waals surface area contributed by atoms with Gasteiger partial charge in [-0.15, -0.1) is 0 Å². The van der Waals surface area contributed by atoms with E-state index >= 15 is 0 Å². The Hall–Kier alpha value is -2.23. The van der Waals surface area contributed by atoms with Gasteiger partial charge in [0.1, 0.15) is 0 Å². The second-order valence-corrected chi connectivity index (χ2v) is 5.30. The molecule has 1 N–H and O–H groups in total. The van der Waals surface area contributed by atoms with Crippen molar-refractivity contribution in [2.24, 2.45) is 14.1 Å². The highest BCUT2D eigenvalue weighted by molar-refractivity contribution is 5.85. The topological polar surface area (TPSA) is 34.8 Å². The van der Waals surface area contributed by atoms with Crippen LogP contribution in [0.5, 0.6) is 0 Å². The van der Waals surface area contributed by atoms with Crippen molar-refractivity contribution in [3.8, 4) is 0 Å². The number of benzene rings is 1. The number of nitrogens with zero attached hydrogens (tertiary/aromatic N) is 3. The van der Waals surface area contributed by atoms with Gasteiger partial charge in [0.2, 0.25) is 0 Å². The van der Waals surface area contributed by atoms with Crippen molar-refractivity contribution in [2.45, 2.75) is 20.4 Å². The van der Waals surface area contributed by atoms with Crippen LogP contribution in [0.1, 0.15) is 17.0 Å². The van der Waals surface area contributed by atoms with Crippen LogP contribution in [0.15, 0.2) is 30.5 Å². The minimum atomic E-state index is 0.809. The van der Waals surface area contributed by atoms with E-state index in [1.165, 1.54) is 22.2 Å². The van der Waals surface area contributed by atoms with E-state index in [9.17, 15) is 0 Å². The molecule has 4 heteroatoms. The summed E-state index contributed by atoms with van der Waals surface area (Å²) in [5.41, 5.74) is 6.07. The average molecular weight is 268 g/mol. The lowest BCUT2D eigenvalue weighted by atomic mass is 10.1. The Kier molecular flexibility index (Phi) is 3.01. The monoisotopic (exact) mass is 268 g/mol. The van der Waals surface area contributed by atoms with Crippen LogP contribution < -0.4 is 5.32 Å². The molecule has 0 aliphatic heterocycles. The molecule has 0 aliphatic rings. The van der Waals surface area contributed by atoms with Crippen molar-refractivity contribution in [1.82, 2.24) is 14.3 Å². The number of fused-ring (bicyclic) bond motifs is 1. The molecule has 0 bridgehead atoms. The van der Waals surface area contributed by atoms with E-state index < -0.39 is 0 Å². The summed E-state index contributed by atoms with van der Waals surface area (Å²) in [6.07, 6.45) is 2.02. The minimum absolute atomic E-state index is 0.809. The lowest BCUT2D eigenvalue weighted by molar-refractivity contribution is 0.756. The zero-order valence-electron chi connectivity index (χ0n) is 12.4. The van der Waals surface area contributed by atoms with Gasteiger partial charge in [-0.25, -0.2) is 0 Å². The molecule has 1 aromatic carbocycles. The van der Waals surface area contributed by atoms with Crippen LogP contribution in [0, 0.1) is 13.8 Å². The van der Waals surface area contributed by atoms with Gasteiger partial charge >= 0.3 is 0 Å². The van der Waals surface area contributed by atoms with Crippen LogP contribution in [-0.2, 0) is 20.6 Å². The molecule has 0 unspecified atom stereocenters. The first-order valence-corrected chi connectivity index (χ1v) is 6.85. The van der Waals surface area contributed by atoms with Gasteiger partial charge in [-0.1, -0.05) is 18.2 Å². The highest BCUT2D eigenvalue weighted by atomic mass is 15.3. The van der Waals surface area contributed by atoms with Crippen molar-refractivity contribution in [3.05, 3.63) is 47.4 Å². The standard InChI is InChI=1S/C16H20N4/c1-11-13-7-5-6-8-15(13)20(4)16(11)9-17-14-10-19(3)18-12(14)2/h5-8,10,17H,9H2,1-4H3. The summed E-state index contributed by atoms with van der Waals surface area (Å²) in [6.45, 7) is 5.02. The van der Waals surface area contributed by atoms with Crippen molar-refractivity contribution >= 4 is 16.6 Å². The third-order valence-electron chi connectivity index (χ3n) is 3.97. The SMILES string of the molecule is Cc1nn(C)cc1NCc1c(C)c2ccccc2n1C. The highest BCUT2D eigenvalue weighted by Gasteiger charge is 2.11. The molecule has 3 rings (SSSR count). The molecule has 0 aliphatic carbocycles. The molecule has 0 atom stereocenters. The third-order valence-corrected chi connectivity index (χ3v) is 3.97. The fourth-order valence-electron chi connectivity index (χ4n) is 2.84. The maximum Gasteiger partial charge on any atom is 0.0825 e. The van der Waals surface area contributed by atoms with Gasteiger partial charge < -0.3 is 9.88 Å². The lowest BCUT2D eigenvalue weighted by Gasteiger charge is -2.08. The van der Waals surface area contributed by atoms with Crippen LogP contribution in [0.3, 0.4) is 0 Å². The maximum absolute atomic E-state index is 4.36. The number of para-hydroxylation sites is 1. The molecule has 20 heavy (non-hydrogen) atoms. The third kappa shape index (κ3) is 1.97. The molecule has 2 heterocycles. The summed E-state index contributed by atoms with van der Waals surface area (Å²) in [5, 5.41) is 9.18. The summed E-state index contributed by atoms with van der Waals surface area (Å²) < 4.78 is 4.11. The molecule has 2 aromatic heterocycles. The van der Waals surface area contributed by atoms with Crippen molar-refractivity contribution in [1.29, 1.82) is 0 Å². The van der Waals surface area contributed by atoms with Crippen LogP contribution in [0.2, 0.25) is 0 Å². The Labute approximate surface area is 119 Å². The molecule has 0 fully saturated rings. The number of hydrogen-bond donors (Lipinski definition) is 1. The molecule has 0 saturated heterocycles. The van der Waals surface area contributed by atoms with Crippen molar-refractivity contribution in [2.75, 3.05) is 5.32 Å². The predicted molar refractivity (Wildman–Crippen MR) is 82.9 cm³/mol. The summed E-state index contributed by atoms with van der Waals surface area (Å²) >= 11 is 0. The molecule has 0 radical (unpaired) electrons. The molecular formula is C16H20N4. The van der Waals surface area contributed by atoms with E-state index in [4.69, 9.17) is 0 Å². The number of aryl methyl sites for hydroxylation is 4. The summed E-state index contributed by atoms with van der Waals surface area (Å²) in [4.78, 5) is 0. The fourth-order valence-corrected chi connectivity index (χ4v) is 2.84. The van der Waals surface area contributed by atoms with E-state index in [1.54, 1.807) is 0 Å². The van der Waals surface area contributed by atoms with Crippen LogP contribution in [0.4, 0.5) is 5.69 Å². The summed E-state index contributed by atoms with van der Waals surface area (Å²) in [6, 6.07) is 8.53. The molecule has 0 saturated carbocycles. The first-order valence-electron chi connectivity index (χ1n) is 6.85. The lowest BCUT2D eigenvalue weighted by Crippen LogP contribution is -2.06. The van der Waals surface area contributed by atoms with Gasteiger partial charge in [0.15, 0.2) is 0 Å². The van der Waals surface area contributed by atoms with Crippen molar-refractivity contribution in [3.63, 3.8) is 0 Å². The number of rotatable bonds is 3. The van der Waals surface area contributed by atoms with E-state index in [0.717, 1.165) is 17.9 Å². The predicted octanol–water partition coefficient (Wildman–Crippen LogP) is 3.14. The maximum atomic E-state index is 4.36. The Morgan fingerprint density at radius 2 is 1.90 bits per heavy atom. The Morgan fingerprint density at radius 1 is 1.15 bits per heavy atom. The van der Waals surface area contributed by atoms with Gasteiger partial charge in [-0.05, 0) is 25.5 Å². The average Bonchev–Trinajstić information content (AvgIpc) is 2.87.